The predicted molar refractivity (Wildman–Crippen MR) is 28.9 cm³/mol. The van der Waals surface area contributed by atoms with Gasteiger partial charge in [-0.3, -0.25) is 0 Å². The molecular weight excluding hydrogens is 112 g/mol. The molecule has 0 spiro atoms. The van der Waals surface area contributed by atoms with Gasteiger partial charge in [-0.05, 0) is 6.42 Å². The average Bonchev–Trinajstić information content (AvgIpc) is 1.68. The first kappa shape index (κ1) is 7.82. The molecule has 0 atom stereocenters. The van der Waals surface area contributed by atoms with Crippen LogP contribution in [0, 0.1) is 0 Å². The lowest BCUT2D eigenvalue weighted by atomic mass is 10.5. The first-order valence-electron chi connectivity index (χ1n) is 2.78. The Bertz CT molecular complexity index is 43.7. The molecular formula is C5H11F2N. The molecule has 0 aliphatic heterocycles. The average molecular weight is 123 g/mol. The molecule has 3 heteroatoms. The van der Waals surface area contributed by atoms with Crippen molar-refractivity contribution in [3.8, 4) is 0 Å². The van der Waals surface area contributed by atoms with Gasteiger partial charge < -0.3 is 0 Å². The molecule has 0 aliphatic carbocycles. The number of alkyl halides is 1. The molecule has 50 valence electrons. The smallest absolute Gasteiger partial charge is 0.105 e. The number of nitrogens with zero attached hydrogens (tertiary/aromatic N) is 1. The molecule has 0 saturated carbocycles. The van der Waals surface area contributed by atoms with Crippen molar-refractivity contribution < 1.29 is 8.87 Å². The van der Waals surface area contributed by atoms with Crippen LogP contribution >= 0.6 is 0 Å². The van der Waals surface area contributed by atoms with E-state index in [0.29, 0.717) is 11.7 Å². The van der Waals surface area contributed by atoms with Gasteiger partial charge in [0.1, 0.15) is 6.67 Å². The van der Waals surface area contributed by atoms with Crippen LogP contribution in [0.5, 0.6) is 0 Å². The molecule has 0 heterocycles. The largest absolute Gasteiger partial charge is 0.250 e. The molecule has 0 radical (unpaired) electrons. The van der Waals surface area contributed by atoms with Crippen LogP contribution in [0.4, 0.5) is 8.87 Å². The molecule has 1 nitrogen and oxygen atoms in total. The summed E-state index contributed by atoms with van der Waals surface area (Å²) in [4.78, 5) is 0. The molecule has 0 fully saturated rings. The van der Waals surface area contributed by atoms with Gasteiger partial charge in [0, 0.05) is 6.54 Å². The summed E-state index contributed by atoms with van der Waals surface area (Å²) in [5.41, 5.74) is 0. The highest BCUT2D eigenvalue weighted by Gasteiger charge is 1.96. The molecule has 0 bridgehead atoms. The maximum atomic E-state index is 12.0. The lowest BCUT2D eigenvalue weighted by molar-refractivity contribution is 0.0199. The summed E-state index contributed by atoms with van der Waals surface area (Å²) in [7, 11) is 0. The first-order valence-corrected chi connectivity index (χ1v) is 2.78. The maximum absolute atomic E-state index is 12.0. The summed E-state index contributed by atoms with van der Waals surface area (Å²) < 4.78 is 23.3. The molecule has 0 aromatic rings. The Balaban J connectivity index is 2.92. The van der Waals surface area contributed by atoms with Crippen LogP contribution in [0.3, 0.4) is 0 Å². The van der Waals surface area contributed by atoms with Gasteiger partial charge in [-0.25, -0.2) is 4.39 Å². The summed E-state index contributed by atoms with van der Waals surface area (Å²) >= 11 is 0. The standard InChI is InChI=1S/C5H11F2N/c1-2-4-8(7)5-3-6/h2-5H2,1H3. The molecule has 0 aliphatic rings. The minimum Gasteiger partial charge on any atom is -0.250 e. The number of hydrogen-bond acceptors (Lipinski definition) is 1. The SMILES string of the molecule is CCCN(F)CCF. The minimum absolute atomic E-state index is 0.0894. The van der Waals surface area contributed by atoms with Gasteiger partial charge in [0.25, 0.3) is 0 Å². The van der Waals surface area contributed by atoms with Crippen molar-refractivity contribution >= 4 is 0 Å². The van der Waals surface area contributed by atoms with E-state index in [1.807, 2.05) is 6.92 Å². The van der Waals surface area contributed by atoms with Crippen LogP contribution in [-0.2, 0) is 0 Å². The Kier molecular flexibility index (Phi) is 4.85. The lowest BCUT2D eigenvalue weighted by Crippen LogP contribution is -2.16. The third-order valence-electron chi connectivity index (χ3n) is 0.793. The third kappa shape index (κ3) is 3.99. The second kappa shape index (κ2) is 4.97. The van der Waals surface area contributed by atoms with E-state index in [-0.39, 0.29) is 6.54 Å². The third-order valence-corrected chi connectivity index (χ3v) is 0.793. The molecule has 0 aromatic carbocycles. The summed E-state index contributed by atoms with van der Waals surface area (Å²) in [6, 6.07) is 0. The van der Waals surface area contributed by atoms with Gasteiger partial charge in [-0.15, -0.1) is 9.60 Å². The number of halogens is 2. The van der Waals surface area contributed by atoms with Crippen LogP contribution in [0.2, 0.25) is 0 Å². The minimum atomic E-state index is -0.601. The Labute approximate surface area is 48.2 Å². The fourth-order valence-corrected chi connectivity index (χ4v) is 0.446. The zero-order valence-electron chi connectivity index (χ0n) is 5.03. The summed E-state index contributed by atoms with van der Waals surface area (Å²) in [6.45, 7) is 1.50. The quantitative estimate of drug-likeness (QED) is 0.513. The van der Waals surface area contributed by atoms with E-state index in [2.05, 4.69) is 0 Å². The van der Waals surface area contributed by atoms with Crippen molar-refractivity contribution in [3.63, 3.8) is 0 Å². The zero-order chi connectivity index (χ0) is 6.41. The highest BCUT2D eigenvalue weighted by molar-refractivity contribution is 4.39. The maximum Gasteiger partial charge on any atom is 0.105 e. The zero-order valence-corrected chi connectivity index (χ0v) is 5.03. The van der Waals surface area contributed by atoms with Crippen molar-refractivity contribution in [2.24, 2.45) is 0 Å². The molecule has 0 rings (SSSR count). The van der Waals surface area contributed by atoms with E-state index >= 15 is 0 Å². The highest BCUT2D eigenvalue weighted by atomic mass is 19.2. The summed E-state index contributed by atoms with van der Waals surface area (Å²) in [5, 5.41) is 0.486. The van der Waals surface area contributed by atoms with Gasteiger partial charge in [-0.2, -0.15) is 0 Å². The lowest BCUT2D eigenvalue weighted by Gasteiger charge is -2.05. The van der Waals surface area contributed by atoms with Crippen LogP contribution < -0.4 is 0 Å². The Morgan fingerprint density at radius 3 is 2.38 bits per heavy atom. The molecule has 0 amide bonds. The second-order valence-corrected chi connectivity index (χ2v) is 1.60. The van der Waals surface area contributed by atoms with Crippen LogP contribution in [0.25, 0.3) is 0 Å². The summed E-state index contributed by atoms with van der Waals surface area (Å²) in [6.07, 6.45) is 0.733. The topological polar surface area (TPSA) is 3.24 Å². The molecule has 0 saturated heterocycles. The van der Waals surface area contributed by atoms with Gasteiger partial charge in [-0.1, -0.05) is 6.92 Å². The fraction of sp³-hybridized carbons (Fsp3) is 1.00. The van der Waals surface area contributed by atoms with Crippen molar-refractivity contribution in [1.29, 1.82) is 0 Å². The molecule has 0 unspecified atom stereocenters. The van der Waals surface area contributed by atoms with E-state index in [9.17, 15) is 8.87 Å². The van der Waals surface area contributed by atoms with Crippen molar-refractivity contribution in [2.75, 3.05) is 19.8 Å². The van der Waals surface area contributed by atoms with E-state index in [1.165, 1.54) is 0 Å². The Morgan fingerprint density at radius 2 is 2.00 bits per heavy atom. The second-order valence-electron chi connectivity index (χ2n) is 1.60. The van der Waals surface area contributed by atoms with Gasteiger partial charge in [0.05, 0.1) is 6.54 Å². The van der Waals surface area contributed by atoms with Crippen molar-refractivity contribution in [2.45, 2.75) is 13.3 Å². The molecule has 8 heavy (non-hydrogen) atoms. The van der Waals surface area contributed by atoms with Crippen LogP contribution in [-0.4, -0.2) is 24.9 Å². The molecule has 0 N–H and O–H groups in total. The molecule has 0 aromatic heterocycles. The van der Waals surface area contributed by atoms with Crippen LogP contribution in [0.1, 0.15) is 13.3 Å². The first-order chi connectivity index (χ1) is 3.81. The number of hydrogen-bond donors (Lipinski definition) is 0. The summed E-state index contributed by atoms with van der Waals surface area (Å²) in [5.74, 6) is 0. The highest BCUT2D eigenvalue weighted by Crippen LogP contribution is 1.89. The van der Waals surface area contributed by atoms with Gasteiger partial charge in [0.2, 0.25) is 0 Å². The van der Waals surface area contributed by atoms with E-state index in [0.717, 1.165) is 6.42 Å². The monoisotopic (exact) mass is 123 g/mol. The van der Waals surface area contributed by atoms with Crippen molar-refractivity contribution in [3.05, 3.63) is 0 Å². The normalized spacial score (nSPS) is 10.5. The predicted octanol–water partition coefficient (Wildman–Crippen LogP) is 1.55. The fourth-order valence-electron chi connectivity index (χ4n) is 0.446. The Morgan fingerprint density at radius 1 is 1.38 bits per heavy atom. The number of rotatable bonds is 4. The van der Waals surface area contributed by atoms with E-state index in [1.54, 1.807) is 0 Å². The van der Waals surface area contributed by atoms with Crippen molar-refractivity contribution in [1.82, 2.24) is 5.12 Å². The van der Waals surface area contributed by atoms with Gasteiger partial charge >= 0.3 is 0 Å². The Hall–Kier alpha value is -0.180. The van der Waals surface area contributed by atoms with E-state index < -0.39 is 6.67 Å². The van der Waals surface area contributed by atoms with Gasteiger partial charge in [0.15, 0.2) is 0 Å². The van der Waals surface area contributed by atoms with E-state index in [4.69, 9.17) is 0 Å². The van der Waals surface area contributed by atoms with Crippen LogP contribution in [0.15, 0.2) is 0 Å².